The van der Waals surface area contributed by atoms with Gasteiger partial charge in [-0.3, -0.25) is 4.79 Å². The predicted molar refractivity (Wildman–Crippen MR) is 73.6 cm³/mol. The lowest BCUT2D eigenvalue weighted by atomic mass is 10.2. The van der Waals surface area contributed by atoms with Crippen LogP contribution in [0.25, 0.3) is 0 Å². The van der Waals surface area contributed by atoms with Gasteiger partial charge < -0.3 is 26.3 Å². The Hall–Kier alpha value is -1.80. The zero-order chi connectivity index (χ0) is 14.4. The monoisotopic (exact) mass is 287 g/mol. The van der Waals surface area contributed by atoms with Crippen LogP contribution in [0.4, 0.5) is 10.7 Å². The van der Waals surface area contributed by atoms with Crippen LogP contribution < -0.4 is 16.8 Å². The summed E-state index contributed by atoms with van der Waals surface area (Å²) >= 11 is 1.05. The van der Waals surface area contributed by atoms with E-state index < -0.39 is 11.9 Å². The smallest absolute Gasteiger partial charge is 0.350 e. The lowest BCUT2D eigenvalue weighted by Crippen LogP contribution is -2.16. The van der Waals surface area contributed by atoms with Crippen LogP contribution >= 0.6 is 11.3 Å². The molecule has 1 aromatic rings. The second kappa shape index (κ2) is 6.95. The molecule has 0 saturated carbocycles. The molecular formula is C11H17N3O4S. The molecule has 0 aliphatic carbocycles. The summed E-state index contributed by atoms with van der Waals surface area (Å²) in [4.78, 5) is 23.3. The number of hydrogen-bond acceptors (Lipinski definition) is 7. The molecule has 0 atom stereocenters. The van der Waals surface area contributed by atoms with Crippen molar-refractivity contribution in [3.8, 4) is 0 Å². The fraction of sp³-hybridized carbons (Fsp3) is 0.455. The fourth-order valence-electron chi connectivity index (χ4n) is 1.43. The molecule has 19 heavy (non-hydrogen) atoms. The van der Waals surface area contributed by atoms with Gasteiger partial charge in [0.25, 0.3) is 5.91 Å². The first-order chi connectivity index (χ1) is 9.02. The van der Waals surface area contributed by atoms with Crippen molar-refractivity contribution in [3.05, 3.63) is 10.4 Å². The number of nitrogens with one attached hydrogen (secondary N) is 1. The minimum absolute atomic E-state index is 0.0517. The number of nitrogen functional groups attached to an aromatic ring is 1. The van der Waals surface area contributed by atoms with E-state index in [1.54, 1.807) is 14.0 Å². The maximum absolute atomic E-state index is 11.7. The Labute approximate surface area is 114 Å². The Balaban J connectivity index is 3.05. The van der Waals surface area contributed by atoms with E-state index in [1.165, 1.54) is 0 Å². The van der Waals surface area contributed by atoms with Crippen LogP contribution in [-0.2, 0) is 9.47 Å². The Bertz CT molecular complexity index is 473. The second-order valence-corrected chi connectivity index (χ2v) is 4.57. The van der Waals surface area contributed by atoms with E-state index in [0.29, 0.717) is 18.2 Å². The molecular weight excluding hydrogens is 270 g/mol. The van der Waals surface area contributed by atoms with Crippen LogP contribution in [0.15, 0.2) is 0 Å². The standard InChI is InChI=1S/C11H17N3O4S/c1-3-18-11(16)8-7(12)6(9(13)15)10(19-8)14-4-5-17-2/h14H,3-5,12H2,1-2H3,(H2,13,15). The van der Waals surface area contributed by atoms with E-state index in [-0.39, 0.29) is 22.7 Å². The summed E-state index contributed by atoms with van der Waals surface area (Å²) in [6, 6.07) is 0. The zero-order valence-corrected chi connectivity index (χ0v) is 11.6. The molecule has 7 nitrogen and oxygen atoms in total. The Morgan fingerprint density at radius 2 is 2.11 bits per heavy atom. The first-order valence-electron chi connectivity index (χ1n) is 5.64. The van der Waals surface area contributed by atoms with Crippen molar-refractivity contribution < 1.29 is 19.1 Å². The van der Waals surface area contributed by atoms with Gasteiger partial charge in [0, 0.05) is 13.7 Å². The molecule has 0 unspecified atom stereocenters. The number of esters is 1. The van der Waals surface area contributed by atoms with Crippen molar-refractivity contribution >= 4 is 33.9 Å². The van der Waals surface area contributed by atoms with Crippen LogP contribution in [0.1, 0.15) is 27.0 Å². The van der Waals surface area contributed by atoms with E-state index >= 15 is 0 Å². The molecule has 5 N–H and O–H groups in total. The predicted octanol–water partition coefficient (Wildman–Crippen LogP) is 0.664. The van der Waals surface area contributed by atoms with Crippen molar-refractivity contribution in [2.45, 2.75) is 6.92 Å². The number of carbonyl (C=O) groups excluding carboxylic acids is 2. The van der Waals surface area contributed by atoms with Crippen molar-refractivity contribution in [2.24, 2.45) is 5.73 Å². The summed E-state index contributed by atoms with van der Waals surface area (Å²) in [5.41, 5.74) is 11.2. The van der Waals surface area contributed by atoms with E-state index in [0.717, 1.165) is 11.3 Å². The summed E-state index contributed by atoms with van der Waals surface area (Å²) in [6.45, 7) is 2.84. The van der Waals surface area contributed by atoms with Gasteiger partial charge in [-0.15, -0.1) is 11.3 Å². The summed E-state index contributed by atoms with van der Waals surface area (Å²) < 4.78 is 9.76. The Morgan fingerprint density at radius 3 is 2.63 bits per heavy atom. The number of methoxy groups -OCH3 is 1. The van der Waals surface area contributed by atoms with Gasteiger partial charge in [-0.25, -0.2) is 4.79 Å². The number of primary amides is 1. The highest BCUT2D eigenvalue weighted by Gasteiger charge is 2.24. The lowest BCUT2D eigenvalue weighted by Gasteiger charge is -2.04. The van der Waals surface area contributed by atoms with Gasteiger partial charge in [0.05, 0.1) is 24.5 Å². The minimum atomic E-state index is -0.691. The molecule has 8 heteroatoms. The molecule has 1 heterocycles. The average molecular weight is 287 g/mol. The van der Waals surface area contributed by atoms with E-state index in [4.69, 9.17) is 20.9 Å². The highest BCUT2D eigenvalue weighted by Crippen LogP contribution is 2.35. The third-order valence-corrected chi connectivity index (χ3v) is 3.39. The molecule has 1 aromatic heterocycles. The molecule has 1 amide bonds. The summed E-state index contributed by atoms with van der Waals surface area (Å²) in [5, 5.41) is 3.41. The third kappa shape index (κ3) is 3.58. The molecule has 0 bridgehead atoms. The van der Waals surface area contributed by atoms with Gasteiger partial charge in [-0.1, -0.05) is 0 Å². The van der Waals surface area contributed by atoms with Gasteiger partial charge in [-0.05, 0) is 6.92 Å². The van der Waals surface area contributed by atoms with Crippen LogP contribution in [0, 0.1) is 0 Å². The number of amides is 1. The number of thiophene rings is 1. The number of rotatable bonds is 7. The topological polar surface area (TPSA) is 117 Å². The number of ether oxygens (including phenoxy) is 2. The largest absolute Gasteiger partial charge is 0.462 e. The average Bonchev–Trinajstić information content (AvgIpc) is 2.67. The molecule has 0 radical (unpaired) electrons. The third-order valence-electron chi connectivity index (χ3n) is 2.24. The molecule has 1 rings (SSSR count). The minimum Gasteiger partial charge on any atom is -0.462 e. The molecule has 0 aliphatic rings. The maximum atomic E-state index is 11.7. The van der Waals surface area contributed by atoms with Crippen LogP contribution in [-0.4, -0.2) is 38.7 Å². The van der Waals surface area contributed by atoms with Gasteiger partial charge >= 0.3 is 5.97 Å². The van der Waals surface area contributed by atoms with Crippen LogP contribution in [0.3, 0.4) is 0 Å². The highest BCUT2D eigenvalue weighted by atomic mass is 32.1. The normalized spacial score (nSPS) is 10.2. The number of carbonyl (C=O) groups is 2. The van der Waals surface area contributed by atoms with Crippen LogP contribution in [0.5, 0.6) is 0 Å². The van der Waals surface area contributed by atoms with Gasteiger partial charge in [-0.2, -0.15) is 0 Å². The molecule has 0 aromatic carbocycles. The molecule has 0 fully saturated rings. The number of nitrogens with two attached hydrogens (primary N) is 2. The molecule has 106 valence electrons. The Kier molecular flexibility index (Phi) is 5.58. The van der Waals surface area contributed by atoms with Crippen molar-refractivity contribution in [1.29, 1.82) is 0 Å². The van der Waals surface area contributed by atoms with Gasteiger partial charge in [0.15, 0.2) is 0 Å². The molecule has 0 saturated heterocycles. The number of hydrogen-bond donors (Lipinski definition) is 3. The summed E-state index contributed by atoms with van der Waals surface area (Å²) in [7, 11) is 1.56. The van der Waals surface area contributed by atoms with E-state index in [9.17, 15) is 9.59 Å². The maximum Gasteiger partial charge on any atom is 0.350 e. The quantitative estimate of drug-likeness (QED) is 0.501. The van der Waals surface area contributed by atoms with E-state index in [1.807, 2.05) is 0 Å². The summed E-state index contributed by atoms with van der Waals surface area (Å²) in [5.74, 6) is -1.25. The molecule has 0 spiro atoms. The van der Waals surface area contributed by atoms with Gasteiger partial charge in [0.1, 0.15) is 9.88 Å². The van der Waals surface area contributed by atoms with E-state index in [2.05, 4.69) is 5.32 Å². The second-order valence-electron chi connectivity index (χ2n) is 3.55. The van der Waals surface area contributed by atoms with Crippen molar-refractivity contribution in [3.63, 3.8) is 0 Å². The highest BCUT2D eigenvalue weighted by molar-refractivity contribution is 7.19. The first-order valence-corrected chi connectivity index (χ1v) is 6.46. The number of anilines is 2. The van der Waals surface area contributed by atoms with Gasteiger partial charge in [0.2, 0.25) is 0 Å². The summed E-state index contributed by atoms with van der Waals surface area (Å²) in [6.07, 6.45) is 0. The lowest BCUT2D eigenvalue weighted by molar-refractivity contribution is 0.0533. The van der Waals surface area contributed by atoms with Crippen molar-refractivity contribution in [1.82, 2.24) is 0 Å². The SMILES string of the molecule is CCOC(=O)c1sc(NCCOC)c(C(N)=O)c1N. The van der Waals surface area contributed by atoms with Crippen molar-refractivity contribution in [2.75, 3.05) is 37.9 Å². The fourth-order valence-corrected chi connectivity index (χ4v) is 2.47. The molecule has 0 aliphatic heterocycles. The van der Waals surface area contributed by atoms with Crippen LogP contribution in [0.2, 0.25) is 0 Å². The zero-order valence-electron chi connectivity index (χ0n) is 10.8. The first kappa shape index (κ1) is 15.3. The Morgan fingerprint density at radius 1 is 1.42 bits per heavy atom.